The van der Waals surface area contributed by atoms with Crippen LogP contribution in [0.1, 0.15) is 6.92 Å². The molecule has 0 aliphatic rings. The van der Waals surface area contributed by atoms with Crippen LogP contribution in [0.4, 0.5) is 16.7 Å². The van der Waals surface area contributed by atoms with Crippen LogP contribution in [-0.4, -0.2) is 40.8 Å². The van der Waals surface area contributed by atoms with Gasteiger partial charge >= 0.3 is 12.1 Å². The van der Waals surface area contributed by atoms with E-state index in [4.69, 9.17) is 16.2 Å². The number of nitrogens with one attached hydrogen (secondary N) is 1. The van der Waals surface area contributed by atoms with E-state index in [0.29, 0.717) is 13.2 Å². The van der Waals surface area contributed by atoms with Crippen LogP contribution >= 0.6 is 0 Å². The number of primary amides is 1. The largest absolute Gasteiger partial charge is 0.464 e. The first-order chi connectivity index (χ1) is 8.11. The second-order valence-electron chi connectivity index (χ2n) is 2.83. The molecule has 0 radical (unpaired) electrons. The fourth-order valence-electron chi connectivity index (χ4n) is 0.959. The summed E-state index contributed by atoms with van der Waals surface area (Å²) in [6.07, 6.45) is -0.836. The number of rotatable bonds is 6. The molecule has 0 unspecified atom stereocenters. The van der Waals surface area contributed by atoms with Crippen molar-refractivity contribution in [2.75, 3.05) is 30.8 Å². The molecule has 1 aromatic heterocycles. The minimum absolute atomic E-state index is 0.0433. The third-order valence-corrected chi connectivity index (χ3v) is 1.54. The van der Waals surface area contributed by atoms with Crippen molar-refractivity contribution in [3.63, 3.8) is 0 Å². The molecule has 0 aliphatic carbocycles. The van der Waals surface area contributed by atoms with Crippen molar-refractivity contribution in [3.8, 4) is 6.01 Å². The highest BCUT2D eigenvalue weighted by molar-refractivity contribution is 5.64. The van der Waals surface area contributed by atoms with E-state index in [9.17, 15) is 4.79 Å². The third-order valence-electron chi connectivity index (χ3n) is 1.54. The Morgan fingerprint density at radius 2 is 2.18 bits per heavy atom. The van der Waals surface area contributed by atoms with Gasteiger partial charge in [-0.2, -0.15) is 15.0 Å². The number of hydrogen-bond acceptors (Lipinski definition) is 8. The standard InChI is InChI=1S/C8H14N6O3/c1-2-16-8-13-5(9)12-7(14-8)11-3-4-17-6(10)15/h2-4H2,1H3,(H2,10,15)(H3,9,11,12,13,14). The molecule has 17 heavy (non-hydrogen) atoms. The smallest absolute Gasteiger partial charge is 0.404 e. The molecule has 0 bridgehead atoms. The Hall–Kier alpha value is -2.32. The Balaban J connectivity index is 2.49. The zero-order valence-corrected chi connectivity index (χ0v) is 9.34. The average molecular weight is 242 g/mol. The number of aromatic nitrogens is 3. The molecule has 1 aromatic rings. The normalized spacial score (nSPS) is 9.71. The molecule has 1 rings (SSSR count). The van der Waals surface area contributed by atoms with Gasteiger partial charge in [0, 0.05) is 0 Å². The molecule has 94 valence electrons. The topological polar surface area (TPSA) is 138 Å². The van der Waals surface area contributed by atoms with Crippen molar-refractivity contribution in [2.45, 2.75) is 6.92 Å². The Morgan fingerprint density at radius 1 is 1.41 bits per heavy atom. The maximum Gasteiger partial charge on any atom is 0.404 e. The van der Waals surface area contributed by atoms with Crippen molar-refractivity contribution < 1.29 is 14.3 Å². The minimum Gasteiger partial charge on any atom is -0.464 e. The second kappa shape index (κ2) is 6.30. The van der Waals surface area contributed by atoms with E-state index >= 15 is 0 Å². The van der Waals surface area contributed by atoms with Crippen molar-refractivity contribution in [3.05, 3.63) is 0 Å². The van der Waals surface area contributed by atoms with Crippen LogP contribution in [0.15, 0.2) is 0 Å². The first-order valence-electron chi connectivity index (χ1n) is 4.92. The summed E-state index contributed by atoms with van der Waals surface area (Å²) >= 11 is 0. The summed E-state index contributed by atoms with van der Waals surface area (Å²) < 4.78 is 9.60. The van der Waals surface area contributed by atoms with Gasteiger partial charge < -0.3 is 26.3 Å². The maximum atomic E-state index is 10.3. The summed E-state index contributed by atoms with van der Waals surface area (Å²) in [6, 6.07) is 0.137. The molecule has 0 spiro atoms. The van der Waals surface area contributed by atoms with Gasteiger partial charge in [0.2, 0.25) is 11.9 Å². The van der Waals surface area contributed by atoms with Crippen molar-refractivity contribution >= 4 is 18.0 Å². The number of hydrogen-bond donors (Lipinski definition) is 3. The van der Waals surface area contributed by atoms with E-state index in [1.165, 1.54) is 0 Å². The number of ether oxygens (including phenoxy) is 2. The molecule has 0 aromatic carbocycles. The van der Waals surface area contributed by atoms with Gasteiger partial charge in [-0.15, -0.1) is 0 Å². The summed E-state index contributed by atoms with van der Waals surface area (Å²) in [5.74, 6) is 0.288. The van der Waals surface area contributed by atoms with E-state index in [2.05, 4.69) is 25.0 Å². The van der Waals surface area contributed by atoms with Crippen LogP contribution in [0, 0.1) is 0 Å². The molecular weight excluding hydrogens is 228 g/mol. The number of nitrogens with zero attached hydrogens (tertiary/aromatic N) is 3. The summed E-state index contributed by atoms with van der Waals surface area (Å²) in [4.78, 5) is 21.8. The summed E-state index contributed by atoms with van der Waals surface area (Å²) in [7, 11) is 0. The molecule has 9 nitrogen and oxygen atoms in total. The molecule has 0 atom stereocenters. The summed E-state index contributed by atoms with van der Waals surface area (Å²) in [6.45, 7) is 2.63. The lowest BCUT2D eigenvalue weighted by Gasteiger charge is -2.06. The number of amides is 1. The average Bonchev–Trinajstić information content (AvgIpc) is 2.24. The number of nitrogens with two attached hydrogens (primary N) is 2. The lowest BCUT2D eigenvalue weighted by atomic mass is 10.7. The van der Waals surface area contributed by atoms with Gasteiger partial charge in [0.25, 0.3) is 0 Å². The predicted octanol–water partition coefficient (Wildman–Crippen LogP) is -0.640. The van der Waals surface area contributed by atoms with E-state index < -0.39 is 6.09 Å². The molecule has 0 fully saturated rings. The highest BCUT2D eigenvalue weighted by Gasteiger charge is 2.04. The molecule has 0 aliphatic heterocycles. The number of anilines is 2. The van der Waals surface area contributed by atoms with Crippen LogP contribution in [0.25, 0.3) is 0 Å². The van der Waals surface area contributed by atoms with Crippen LogP contribution in [0.3, 0.4) is 0 Å². The van der Waals surface area contributed by atoms with Gasteiger partial charge in [-0.3, -0.25) is 0 Å². The van der Waals surface area contributed by atoms with Gasteiger partial charge in [0.05, 0.1) is 13.2 Å². The monoisotopic (exact) mass is 242 g/mol. The van der Waals surface area contributed by atoms with Crippen LogP contribution in [0.2, 0.25) is 0 Å². The van der Waals surface area contributed by atoms with Crippen LogP contribution in [-0.2, 0) is 4.74 Å². The zero-order valence-electron chi connectivity index (χ0n) is 9.34. The van der Waals surface area contributed by atoms with E-state index in [1.807, 2.05) is 0 Å². The zero-order chi connectivity index (χ0) is 12.7. The number of carbonyl (C=O) groups excluding carboxylic acids is 1. The molecule has 0 saturated heterocycles. The van der Waals surface area contributed by atoms with Crippen LogP contribution in [0.5, 0.6) is 6.01 Å². The maximum absolute atomic E-state index is 10.3. The van der Waals surface area contributed by atoms with E-state index in [0.717, 1.165) is 0 Å². The quantitative estimate of drug-likeness (QED) is 0.560. The lowest BCUT2D eigenvalue weighted by molar-refractivity contribution is 0.161. The van der Waals surface area contributed by atoms with Crippen molar-refractivity contribution in [1.29, 1.82) is 0 Å². The van der Waals surface area contributed by atoms with E-state index in [1.54, 1.807) is 6.92 Å². The first-order valence-corrected chi connectivity index (χ1v) is 4.92. The van der Waals surface area contributed by atoms with Gasteiger partial charge in [-0.05, 0) is 6.92 Å². The fourth-order valence-corrected chi connectivity index (χ4v) is 0.959. The number of nitrogen functional groups attached to an aromatic ring is 1. The Labute approximate surface area is 97.5 Å². The SMILES string of the molecule is CCOc1nc(N)nc(NCCOC(N)=O)n1. The summed E-state index contributed by atoms with van der Waals surface area (Å²) in [5.41, 5.74) is 10.2. The molecular formula is C8H14N6O3. The van der Waals surface area contributed by atoms with Gasteiger partial charge in [0.15, 0.2) is 0 Å². The second-order valence-corrected chi connectivity index (χ2v) is 2.83. The fraction of sp³-hybridized carbons (Fsp3) is 0.500. The Kier molecular flexibility index (Phi) is 4.73. The van der Waals surface area contributed by atoms with Gasteiger partial charge in [-0.25, -0.2) is 4.79 Å². The molecule has 1 amide bonds. The molecule has 9 heteroatoms. The van der Waals surface area contributed by atoms with Crippen molar-refractivity contribution in [1.82, 2.24) is 15.0 Å². The highest BCUT2D eigenvalue weighted by atomic mass is 16.5. The van der Waals surface area contributed by atoms with Gasteiger partial charge in [0.1, 0.15) is 6.61 Å². The Bertz CT molecular complexity index is 386. The lowest BCUT2D eigenvalue weighted by Crippen LogP contribution is -2.19. The minimum atomic E-state index is -0.836. The third kappa shape index (κ3) is 4.82. The molecule has 0 saturated carbocycles. The van der Waals surface area contributed by atoms with Crippen molar-refractivity contribution in [2.24, 2.45) is 5.73 Å². The van der Waals surface area contributed by atoms with E-state index in [-0.39, 0.29) is 24.5 Å². The Morgan fingerprint density at radius 3 is 2.82 bits per heavy atom. The highest BCUT2D eigenvalue weighted by Crippen LogP contribution is 2.08. The van der Waals surface area contributed by atoms with Gasteiger partial charge in [-0.1, -0.05) is 0 Å². The molecule has 5 N–H and O–H groups in total. The van der Waals surface area contributed by atoms with Crippen LogP contribution < -0.4 is 21.5 Å². The summed E-state index contributed by atoms with van der Waals surface area (Å²) in [5, 5.41) is 2.78. The first kappa shape index (κ1) is 12.7. The molecule has 1 heterocycles. The number of carbonyl (C=O) groups is 1. The predicted molar refractivity (Wildman–Crippen MR) is 59.4 cm³/mol.